The van der Waals surface area contributed by atoms with E-state index in [-0.39, 0.29) is 20.4 Å². The van der Waals surface area contributed by atoms with Gasteiger partial charge in [-0.2, -0.15) is 6.07 Å². The zero-order valence-electron chi connectivity index (χ0n) is 28.9. The number of pyridine rings is 2. The molecule has 5 nitrogen and oxygen atoms in total. The number of fused-ring (bicyclic) bond motifs is 6. The second-order valence-corrected chi connectivity index (χ2v) is 16.8. The normalized spacial score (nSPS) is 12.7. The van der Waals surface area contributed by atoms with E-state index in [4.69, 9.17) is 9.47 Å². The van der Waals surface area contributed by atoms with Gasteiger partial charge in [0.05, 0.1) is 0 Å². The van der Waals surface area contributed by atoms with E-state index in [1.54, 1.807) is 6.20 Å². The first kappa shape index (κ1) is 33.6. The smallest absolute Gasteiger partial charge is 0.193 e. The van der Waals surface area contributed by atoms with Crippen molar-refractivity contribution in [2.45, 2.75) is 0 Å². The molecule has 54 heavy (non-hydrogen) atoms. The largest absolute Gasteiger partial charge is 0.503 e. The standard InChI is InChI=1S/C47H31N3O2Si.Pd/c1-49-30-14-23-40-39-27-28-43-46(53(37-19-4-2-5-20-37,38-21-6-3-7-22-38)44-26-9-8-25-42(44)52-43)45(39)50(47(40)49)34-16-13-18-36(32-34)51-35-17-12-15-33(31-35)41-24-10-11-29-48-41;/h2-30H,1H2;/q-2;. The molecule has 0 N–H and O–H groups in total. The second-order valence-electron chi connectivity index (χ2n) is 13.1. The number of ether oxygens (including phenoxy) is 2. The molecule has 9 aromatic rings. The summed E-state index contributed by atoms with van der Waals surface area (Å²) >= 11 is 0. The molecule has 10 rings (SSSR count). The van der Waals surface area contributed by atoms with Crippen LogP contribution in [0.4, 0.5) is 0 Å². The number of nitrogens with zero attached hydrogens (tertiary/aromatic N) is 3. The molecule has 7 heteroatoms. The Morgan fingerprint density at radius 1 is 0.630 bits per heavy atom. The van der Waals surface area contributed by atoms with Crippen LogP contribution in [0.3, 0.4) is 0 Å². The van der Waals surface area contributed by atoms with Crippen molar-refractivity contribution in [3.8, 4) is 39.9 Å². The third-order valence-electron chi connectivity index (χ3n) is 10.1. The molecular formula is C47H31N3O2PdSi-2. The van der Waals surface area contributed by atoms with Gasteiger partial charge in [0.15, 0.2) is 13.7 Å². The topological polar surface area (TPSA) is 40.2 Å². The molecule has 0 fully saturated rings. The van der Waals surface area contributed by atoms with Gasteiger partial charge in [-0.3, -0.25) is 4.57 Å². The first-order valence-corrected chi connectivity index (χ1v) is 19.6. The Bertz CT molecular complexity index is 2770. The molecule has 0 amide bonds. The van der Waals surface area contributed by atoms with Gasteiger partial charge in [-0.05, 0) is 58.8 Å². The summed E-state index contributed by atoms with van der Waals surface area (Å²) < 4.78 is 17.6. The molecule has 4 heterocycles. The van der Waals surface area contributed by atoms with Crippen LogP contribution in [0.2, 0.25) is 0 Å². The summed E-state index contributed by atoms with van der Waals surface area (Å²) in [5.41, 5.74) is 4.51. The van der Waals surface area contributed by atoms with Crippen LogP contribution in [0.1, 0.15) is 0 Å². The summed E-state index contributed by atoms with van der Waals surface area (Å²) in [6.07, 6.45) is 3.78. The molecule has 0 saturated heterocycles. The summed E-state index contributed by atoms with van der Waals surface area (Å²) in [5, 5.41) is 7.14. The van der Waals surface area contributed by atoms with E-state index in [0.717, 1.165) is 50.4 Å². The fourth-order valence-corrected chi connectivity index (χ4v) is 13.1. The van der Waals surface area contributed by atoms with E-state index in [9.17, 15) is 0 Å². The summed E-state index contributed by atoms with van der Waals surface area (Å²) in [4.78, 5) is 4.50. The van der Waals surface area contributed by atoms with Crippen molar-refractivity contribution < 1.29 is 34.5 Å². The molecule has 1 aliphatic rings. The van der Waals surface area contributed by atoms with Crippen molar-refractivity contribution in [1.82, 2.24) is 9.55 Å². The maximum Gasteiger partial charge on any atom is 0.193 e. The fourth-order valence-electron chi connectivity index (χ4n) is 8.00. The second kappa shape index (κ2) is 13.6. The Morgan fingerprint density at radius 2 is 1.33 bits per heavy atom. The van der Waals surface area contributed by atoms with Gasteiger partial charge in [0.1, 0.15) is 17.0 Å². The molecule has 0 bridgehead atoms. The average Bonchev–Trinajstić information content (AvgIpc) is 3.57. The van der Waals surface area contributed by atoms with E-state index in [2.05, 4.69) is 144 Å². The molecule has 0 saturated carbocycles. The monoisotopic (exact) mass is 803 g/mol. The maximum atomic E-state index is 6.91. The molecule has 0 unspecified atom stereocenters. The Hall–Kier alpha value is -6.23. The van der Waals surface area contributed by atoms with Crippen molar-refractivity contribution >= 4 is 50.8 Å². The maximum absolute atomic E-state index is 6.91. The first-order chi connectivity index (χ1) is 26.2. The van der Waals surface area contributed by atoms with Crippen LogP contribution in [0.25, 0.3) is 38.9 Å². The van der Waals surface area contributed by atoms with Crippen molar-refractivity contribution in [1.29, 1.82) is 0 Å². The number of hydrogen-bond acceptors (Lipinski definition) is 3. The van der Waals surface area contributed by atoms with E-state index >= 15 is 0 Å². The third-order valence-corrected chi connectivity index (χ3v) is 15.0. The van der Waals surface area contributed by atoms with Crippen LogP contribution in [-0.2, 0) is 20.4 Å². The molecule has 0 aliphatic carbocycles. The predicted octanol–water partition coefficient (Wildman–Crippen LogP) is 7.65. The number of rotatable bonds is 6. The van der Waals surface area contributed by atoms with Gasteiger partial charge in [0.2, 0.25) is 0 Å². The van der Waals surface area contributed by atoms with Crippen molar-refractivity contribution in [3.05, 3.63) is 195 Å². The van der Waals surface area contributed by atoms with Crippen LogP contribution >= 0.6 is 0 Å². The summed E-state index contributed by atoms with van der Waals surface area (Å²) in [7, 11) is 1.45. The quantitative estimate of drug-likeness (QED) is 0.0987. The molecule has 6 aromatic carbocycles. The molecule has 0 radical (unpaired) electrons. The van der Waals surface area contributed by atoms with Crippen molar-refractivity contribution in [2.75, 3.05) is 0 Å². The Morgan fingerprint density at radius 3 is 2.09 bits per heavy atom. The molecule has 1 aliphatic heterocycles. The van der Waals surface area contributed by atoms with E-state index < -0.39 is 8.07 Å². The average molecular weight is 804 g/mol. The fraction of sp³-hybridized carbons (Fsp3) is 0. The zero-order valence-corrected chi connectivity index (χ0v) is 31.5. The van der Waals surface area contributed by atoms with Gasteiger partial charge in [0.25, 0.3) is 0 Å². The third kappa shape index (κ3) is 5.28. The van der Waals surface area contributed by atoms with Crippen LogP contribution in [-0.4, -0.2) is 17.6 Å². The molecule has 3 aromatic heterocycles. The van der Waals surface area contributed by atoms with Crippen LogP contribution < -0.4 is 34.8 Å². The summed E-state index contributed by atoms with van der Waals surface area (Å²) in [6, 6.07) is 63.8. The van der Waals surface area contributed by atoms with E-state index in [1.807, 2.05) is 59.3 Å². The van der Waals surface area contributed by atoms with Crippen LogP contribution in [0.15, 0.2) is 176 Å². The Labute approximate surface area is 328 Å². The molecule has 262 valence electrons. The molecule has 0 spiro atoms. The van der Waals surface area contributed by atoms with Crippen molar-refractivity contribution in [3.63, 3.8) is 0 Å². The van der Waals surface area contributed by atoms with Gasteiger partial charge >= 0.3 is 0 Å². The number of para-hydroxylation sites is 1. The van der Waals surface area contributed by atoms with Gasteiger partial charge in [0, 0.05) is 59.8 Å². The summed E-state index contributed by atoms with van der Waals surface area (Å²) in [6.45, 7) is 0. The SMILES string of the molecule is [CH2-][n+]1cccc2c3ccc4c(c3n(-c3[c-]c(Oc5[c-]c(-c6ccccn6)ccc5)ccc3)c21)[Si](c1ccccc1)(c1ccccc1)c1ccccc1O4.[Pd]. The van der Waals surface area contributed by atoms with Gasteiger partial charge in [-0.1, -0.05) is 115 Å². The first-order valence-electron chi connectivity index (χ1n) is 17.6. The summed E-state index contributed by atoms with van der Waals surface area (Å²) in [5.74, 6) is 2.89. The number of benzene rings is 6. The minimum atomic E-state index is -3.03. The number of aromatic nitrogens is 3. The van der Waals surface area contributed by atoms with Crippen LogP contribution in [0.5, 0.6) is 23.0 Å². The Kier molecular flexibility index (Phi) is 8.48. The van der Waals surface area contributed by atoms with E-state index in [1.165, 1.54) is 20.7 Å². The minimum Gasteiger partial charge on any atom is -0.503 e. The van der Waals surface area contributed by atoms with Gasteiger partial charge in [-0.25, -0.2) is 0 Å². The van der Waals surface area contributed by atoms with Crippen LogP contribution in [0, 0.1) is 19.2 Å². The van der Waals surface area contributed by atoms with Gasteiger partial charge < -0.3 is 19.0 Å². The zero-order chi connectivity index (χ0) is 35.4. The molecule has 0 atom stereocenters. The van der Waals surface area contributed by atoms with Crippen molar-refractivity contribution in [2.24, 2.45) is 0 Å². The number of hydrogen-bond donors (Lipinski definition) is 0. The minimum absolute atomic E-state index is 0. The Balaban J connectivity index is 0.00000384. The van der Waals surface area contributed by atoms with E-state index in [0.29, 0.717) is 11.5 Å². The molecular weight excluding hydrogens is 773 g/mol. The predicted molar refractivity (Wildman–Crippen MR) is 213 cm³/mol. The van der Waals surface area contributed by atoms with Gasteiger partial charge in [-0.15, -0.1) is 35.9 Å².